The molecule has 1 aliphatic rings. The van der Waals surface area contributed by atoms with Crippen LogP contribution in [0.2, 0.25) is 0 Å². The molecule has 6 nitrogen and oxygen atoms in total. The second kappa shape index (κ2) is 8.66. The minimum Gasteiger partial charge on any atom is -0.391 e. The first kappa shape index (κ1) is 20.9. The van der Waals surface area contributed by atoms with Crippen molar-refractivity contribution < 1.29 is 14.7 Å². The lowest BCUT2D eigenvalue weighted by molar-refractivity contribution is -0.129. The second-order valence-corrected chi connectivity index (χ2v) is 8.53. The van der Waals surface area contributed by atoms with Crippen LogP contribution in [-0.2, 0) is 10.3 Å². The van der Waals surface area contributed by atoms with Crippen molar-refractivity contribution in [3.63, 3.8) is 0 Å². The van der Waals surface area contributed by atoms with Crippen molar-refractivity contribution in [2.24, 2.45) is 0 Å². The third-order valence-electron chi connectivity index (χ3n) is 5.02. The highest BCUT2D eigenvalue weighted by atomic mass is 16.3. The van der Waals surface area contributed by atoms with Crippen molar-refractivity contribution in [2.75, 3.05) is 13.1 Å². The number of β-amino-alcohol motifs (C(OH)–C–C–N with tert-alkyl or cyclic N) is 1. The zero-order valence-corrected chi connectivity index (χ0v) is 17.2. The van der Waals surface area contributed by atoms with Crippen molar-refractivity contribution in [1.29, 1.82) is 0 Å². The molecule has 0 radical (unpaired) electrons. The summed E-state index contributed by atoms with van der Waals surface area (Å²) in [7, 11) is 0. The van der Waals surface area contributed by atoms with E-state index in [1.54, 1.807) is 17.0 Å². The van der Waals surface area contributed by atoms with Gasteiger partial charge >= 0.3 is 0 Å². The van der Waals surface area contributed by atoms with E-state index in [9.17, 15) is 14.7 Å². The lowest BCUT2D eigenvalue weighted by Crippen LogP contribution is -2.54. The second-order valence-electron chi connectivity index (χ2n) is 8.53. The van der Waals surface area contributed by atoms with Gasteiger partial charge in [-0.05, 0) is 44.9 Å². The van der Waals surface area contributed by atoms with Crippen molar-refractivity contribution in [3.8, 4) is 0 Å². The number of aromatic nitrogens is 1. The number of aliphatic hydroxyl groups is 1. The number of nitrogens with zero attached hydrogens (tertiary/aromatic N) is 2. The SMILES string of the molecule is CC(C)(C)n1ccc(C(=O)N[C@H]2C[C@@H](O)CN(C(=O)C=Cc3ccccc3)C2)c1. The smallest absolute Gasteiger partial charge is 0.253 e. The molecule has 154 valence electrons. The normalized spacial score (nSPS) is 20.1. The molecule has 2 aromatic rings. The first-order valence-corrected chi connectivity index (χ1v) is 9.92. The van der Waals surface area contributed by atoms with E-state index in [0.717, 1.165) is 5.56 Å². The van der Waals surface area contributed by atoms with E-state index in [2.05, 4.69) is 26.1 Å². The lowest BCUT2D eigenvalue weighted by atomic mass is 10.0. The number of hydrogen-bond acceptors (Lipinski definition) is 3. The van der Waals surface area contributed by atoms with E-state index in [0.29, 0.717) is 18.5 Å². The summed E-state index contributed by atoms with van der Waals surface area (Å²) in [6.07, 6.45) is 6.73. The van der Waals surface area contributed by atoms with E-state index in [4.69, 9.17) is 0 Å². The highest BCUT2D eigenvalue weighted by Crippen LogP contribution is 2.17. The van der Waals surface area contributed by atoms with Gasteiger partial charge in [0.15, 0.2) is 0 Å². The maximum Gasteiger partial charge on any atom is 0.253 e. The van der Waals surface area contributed by atoms with Gasteiger partial charge in [0.2, 0.25) is 5.91 Å². The number of nitrogens with one attached hydrogen (secondary N) is 1. The molecule has 2 amide bonds. The molecule has 3 rings (SSSR count). The lowest BCUT2D eigenvalue weighted by Gasteiger charge is -2.35. The number of hydrogen-bond donors (Lipinski definition) is 2. The summed E-state index contributed by atoms with van der Waals surface area (Å²) in [6, 6.07) is 11.1. The molecule has 1 saturated heterocycles. The third-order valence-corrected chi connectivity index (χ3v) is 5.02. The van der Waals surface area contributed by atoms with Gasteiger partial charge in [-0.2, -0.15) is 0 Å². The van der Waals surface area contributed by atoms with Gasteiger partial charge < -0.3 is 19.9 Å². The molecule has 6 heteroatoms. The molecule has 1 fully saturated rings. The first-order chi connectivity index (χ1) is 13.7. The fourth-order valence-electron chi connectivity index (χ4n) is 3.41. The molecule has 2 heterocycles. The zero-order chi connectivity index (χ0) is 21.0. The van der Waals surface area contributed by atoms with Crippen LogP contribution in [0.5, 0.6) is 0 Å². The summed E-state index contributed by atoms with van der Waals surface area (Å²) in [6.45, 7) is 6.85. The van der Waals surface area contributed by atoms with E-state index in [1.807, 2.05) is 47.3 Å². The van der Waals surface area contributed by atoms with Crippen molar-refractivity contribution >= 4 is 17.9 Å². The van der Waals surface area contributed by atoms with Crippen LogP contribution < -0.4 is 5.32 Å². The summed E-state index contributed by atoms with van der Waals surface area (Å²) < 4.78 is 1.99. The number of amides is 2. The van der Waals surface area contributed by atoms with E-state index in [1.165, 1.54) is 6.08 Å². The highest BCUT2D eigenvalue weighted by Gasteiger charge is 2.29. The van der Waals surface area contributed by atoms with Gasteiger partial charge in [-0.3, -0.25) is 9.59 Å². The molecular formula is C23H29N3O3. The van der Waals surface area contributed by atoms with Gasteiger partial charge in [-0.25, -0.2) is 0 Å². The van der Waals surface area contributed by atoms with Crippen molar-refractivity contribution in [3.05, 3.63) is 66.0 Å². The minimum atomic E-state index is -0.665. The Morgan fingerprint density at radius 1 is 1.14 bits per heavy atom. The number of benzene rings is 1. The maximum absolute atomic E-state index is 12.6. The third kappa shape index (κ3) is 5.57. The molecule has 0 aliphatic carbocycles. The Balaban J connectivity index is 1.62. The molecule has 0 unspecified atom stereocenters. The average Bonchev–Trinajstić information content (AvgIpc) is 3.17. The monoisotopic (exact) mass is 395 g/mol. The predicted molar refractivity (Wildman–Crippen MR) is 113 cm³/mol. The van der Waals surface area contributed by atoms with E-state index >= 15 is 0 Å². The van der Waals surface area contributed by atoms with Gasteiger partial charge in [0.25, 0.3) is 5.91 Å². The quantitative estimate of drug-likeness (QED) is 0.782. The summed E-state index contributed by atoms with van der Waals surface area (Å²) in [4.78, 5) is 26.7. The molecule has 29 heavy (non-hydrogen) atoms. The number of likely N-dealkylation sites (tertiary alicyclic amines) is 1. The molecule has 1 aromatic carbocycles. The van der Waals surface area contributed by atoms with Crippen LogP contribution >= 0.6 is 0 Å². The van der Waals surface area contributed by atoms with Crippen LogP contribution in [0.4, 0.5) is 0 Å². The Hall–Kier alpha value is -2.86. The number of carbonyl (C=O) groups excluding carboxylic acids is 2. The standard InChI is InChI=1S/C23H29N3O3/c1-23(2,3)26-12-11-18(14-26)22(29)24-19-13-20(27)16-25(15-19)21(28)10-9-17-7-5-4-6-8-17/h4-12,14,19-20,27H,13,15-16H2,1-3H3,(H,24,29)/t19-,20+/m0/s1. The molecule has 1 aliphatic heterocycles. The van der Waals surface area contributed by atoms with Crippen molar-refractivity contribution in [1.82, 2.24) is 14.8 Å². The Morgan fingerprint density at radius 3 is 2.52 bits per heavy atom. The Kier molecular flexibility index (Phi) is 6.23. The summed E-state index contributed by atoms with van der Waals surface area (Å²) in [5, 5.41) is 13.2. The predicted octanol–water partition coefficient (Wildman–Crippen LogP) is 2.65. The molecule has 1 aromatic heterocycles. The van der Waals surface area contributed by atoms with E-state index < -0.39 is 6.10 Å². The molecule has 2 atom stereocenters. The maximum atomic E-state index is 12.6. The minimum absolute atomic E-state index is 0.103. The molecule has 2 N–H and O–H groups in total. The van der Waals surface area contributed by atoms with Crippen LogP contribution in [0, 0.1) is 0 Å². The molecule has 0 spiro atoms. The van der Waals surface area contributed by atoms with Gasteiger partial charge in [-0.1, -0.05) is 30.3 Å². The average molecular weight is 396 g/mol. The Morgan fingerprint density at radius 2 is 1.86 bits per heavy atom. The number of carbonyl (C=O) groups is 2. The van der Waals surface area contributed by atoms with Crippen molar-refractivity contribution in [2.45, 2.75) is 44.9 Å². The number of aliphatic hydroxyl groups excluding tert-OH is 1. The van der Waals surface area contributed by atoms with Crippen LogP contribution in [0.1, 0.15) is 43.1 Å². The Bertz CT molecular complexity index is 880. The van der Waals surface area contributed by atoms with Gasteiger partial charge in [0, 0.05) is 43.1 Å². The first-order valence-electron chi connectivity index (χ1n) is 9.92. The summed E-state index contributed by atoms with van der Waals surface area (Å²) >= 11 is 0. The van der Waals surface area contributed by atoms with Gasteiger partial charge in [-0.15, -0.1) is 0 Å². The molecule has 0 bridgehead atoms. The number of piperidine rings is 1. The summed E-state index contributed by atoms with van der Waals surface area (Å²) in [5.41, 5.74) is 1.40. The van der Waals surface area contributed by atoms with Crippen LogP contribution in [0.3, 0.4) is 0 Å². The molecular weight excluding hydrogens is 366 g/mol. The van der Waals surface area contributed by atoms with E-state index in [-0.39, 0.29) is 29.9 Å². The van der Waals surface area contributed by atoms with Crippen LogP contribution in [0.15, 0.2) is 54.9 Å². The fourth-order valence-corrected chi connectivity index (χ4v) is 3.41. The zero-order valence-electron chi connectivity index (χ0n) is 17.2. The van der Waals surface area contributed by atoms with Crippen LogP contribution in [0.25, 0.3) is 6.08 Å². The summed E-state index contributed by atoms with van der Waals surface area (Å²) in [5.74, 6) is -0.370. The van der Waals surface area contributed by atoms with Gasteiger partial charge in [0.05, 0.1) is 11.7 Å². The highest BCUT2D eigenvalue weighted by molar-refractivity contribution is 5.94. The fraction of sp³-hybridized carbons (Fsp3) is 0.391. The topological polar surface area (TPSA) is 74.6 Å². The Labute approximate surface area is 171 Å². The largest absolute Gasteiger partial charge is 0.391 e. The van der Waals surface area contributed by atoms with Gasteiger partial charge in [0.1, 0.15) is 0 Å². The van der Waals surface area contributed by atoms with Crippen LogP contribution in [-0.4, -0.2) is 51.6 Å². The molecule has 0 saturated carbocycles. The number of rotatable bonds is 4.